The average Bonchev–Trinajstić information content (AvgIpc) is 2.59. The third-order valence-electron chi connectivity index (χ3n) is 3.27. The van der Waals surface area contributed by atoms with Crippen molar-refractivity contribution in [3.63, 3.8) is 0 Å². The van der Waals surface area contributed by atoms with Crippen molar-refractivity contribution >= 4 is 5.69 Å². The number of aryl methyl sites for hydroxylation is 1. The highest BCUT2D eigenvalue weighted by Crippen LogP contribution is 2.28. The molecule has 2 rings (SSSR count). The highest BCUT2D eigenvalue weighted by Gasteiger charge is 2.31. The van der Waals surface area contributed by atoms with Crippen LogP contribution in [0.2, 0.25) is 0 Å². The van der Waals surface area contributed by atoms with Crippen LogP contribution in [0, 0.1) is 6.92 Å². The van der Waals surface area contributed by atoms with Gasteiger partial charge in [-0.1, -0.05) is 0 Å². The summed E-state index contributed by atoms with van der Waals surface area (Å²) in [6.45, 7) is 3.77. The van der Waals surface area contributed by atoms with Gasteiger partial charge in [-0.05, 0) is 39.1 Å². The lowest BCUT2D eigenvalue weighted by Crippen LogP contribution is -2.37. The molecule has 0 spiro atoms. The number of likely N-dealkylation sites (N-methyl/N-ethyl adjacent to an activating group) is 1. The van der Waals surface area contributed by atoms with E-state index >= 15 is 0 Å². The van der Waals surface area contributed by atoms with Gasteiger partial charge in [0.2, 0.25) is 0 Å². The van der Waals surface area contributed by atoms with Crippen LogP contribution in [0.3, 0.4) is 0 Å². The Hall–Kier alpha value is -1.13. The number of rotatable bonds is 3. The predicted octanol–water partition coefficient (Wildman–Crippen LogP) is 0.891. The predicted molar refractivity (Wildman–Crippen MR) is 69.3 cm³/mol. The minimum absolute atomic E-state index is 0.215. The van der Waals surface area contributed by atoms with Gasteiger partial charge >= 0.3 is 0 Å². The van der Waals surface area contributed by atoms with E-state index in [-0.39, 0.29) is 6.10 Å². The highest BCUT2D eigenvalue weighted by molar-refractivity contribution is 5.53. The summed E-state index contributed by atoms with van der Waals surface area (Å²) in [6.07, 6.45) is 4.33. The molecule has 4 nitrogen and oxygen atoms in total. The Labute approximate surface area is 103 Å². The zero-order valence-corrected chi connectivity index (χ0v) is 10.8. The maximum atomic E-state index is 9.86. The first-order valence-electron chi connectivity index (χ1n) is 6.08. The topological polar surface area (TPSA) is 39.6 Å². The number of aliphatic hydroxyl groups is 1. The van der Waals surface area contributed by atoms with Gasteiger partial charge < -0.3 is 14.9 Å². The van der Waals surface area contributed by atoms with E-state index in [0.717, 1.165) is 19.5 Å². The first kappa shape index (κ1) is 12.3. The molecule has 0 radical (unpaired) electrons. The molecule has 0 bridgehead atoms. The summed E-state index contributed by atoms with van der Waals surface area (Å²) in [5.41, 5.74) is 2.37. The molecule has 0 aromatic carbocycles. The smallest absolute Gasteiger partial charge is 0.0735 e. The van der Waals surface area contributed by atoms with Crippen LogP contribution in [0.1, 0.15) is 12.0 Å². The van der Waals surface area contributed by atoms with E-state index in [2.05, 4.69) is 35.8 Å². The summed E-state index contributed by atoms with van der Waals surface area (Å²) in [6, 6.07) is 2.43. The van der Waals surface area contributed by atoms with Crippen LogP contribution in [-0.2, 0) is 0 Å². The van der Waals surface area contributed by atoms with Crippen molar-refractivity contribution in [3.8, 4) is 0 Å². The highest BCUT2D eigenvalue weighted by atomic mass is 16.3. The van der Waals surface area contributed by atoms with Crippen molar-refractivity contribution in [2.75, 3.05) is 32.1 Å². The van der Waals surface area contributed by atoms with Crippen molar-refractivity contribution in [2.24, 2.45) is 0 Å². The average molecular weight is 235 g/mol. The van der Waals surface area contributed by atoms with Gasteiger partial charge in [0, 0.05) is 37.2 Å². The largest absolute Gasteiger partial charge is 0.391 e. The maximum Gasteiger partial charge on any atom is 0.0735 e. The van der Waals surface area contributed by atoms with Gasteiger partial charge in [0.15, 0.2) is 0 Å². The zero-order valence-electron chi connectivity index (χ0n) is 10.8. The molecule has 94 valence electrons. The fourth-order valence-electron chi connectivity index (χ4n) is 2.57. The molecular weight excluding hydrogens is 214 g/mol. The normalized spacial score (nSPS) is 24.6. The third-order valence-corrected chi connectivity index (χ3v) is 3.27. The molecular formula is C13H21N3O. The number of nitrogens with zero attached hydrogens (tertiary/aromatic N) is 3. The van der Waals surface area contributed by atoms with E-state index in [0.29, 0.717) is 6.04 Å². The van der Waals surface area contributed by atoms with E-state index in [4.69, 9.17) is 0 Å². The summed E-state index contributed by atoms with van der Waals surface area (Å²) >= 11 is 0. The zero-order chi connectivity index (χ0) is 12.4. The molecule has 1 aliphatic heterocycles. The molecule has 1 aliphatic rings. The van der Waals surface area contributed by atoms with E-state index < -0.39 is 0 Å². The quantitative estimate of drug-likeness (QED) is 0.844. The fraction of sp³-hybridized carbons (Fsp3) is 0.615. The first-order chi connectivity index (χ1) is 8.08. The Bertz CT molecular complexity index is 381. The second-order valence-corrected chi connectivity index (χ2v) is 5.12. The molecule has 1 fully saturated rings. The van der Waals surface area contributed by atoms with Crippen molar-refractivity contribution in [1.29, 1.82) is 0 Å². The Morgan fingerprint density at radius 3 is 2.94 bits per heavy atom. The molecule has 1 saturated heterocycles. The molecule has 17 heavy (non-hydrogen) atoms. The summed E-state index contributed by atoms with van der Waals surface area (Å²) in [4.78, 5) is 8.60. The van der Waals surface area contributed by atoms with E-state index in [1.54, 1.807) is 0 Å². The molecule has 2 heterocycles. The summed E-state index contributed by atoms with van der Waals surface area (Å²) < 4.78 is 0. The van der Waals surface area contributed by atoms with Crippen LogP contribution in [0.25, 0.3) is 0 Å². The van der Waals surface area contributed by atoms with Gasteiger partial charge in [-0.2, -0.15) is 0 Å². The molecule has 4 heteroatoms. The Morgan fingerprint density at radius 2 is 2.29 bits per heavy atom. The molecule has 0 amide bonds. The van der Waals surface area contributed by atoms with Crippen molar-refractivity contribution in [3.05, 3.63) is 24.0 Å². The van der Waals surface area contributed by atoms with Gasteiger partial charge in [-0.25, -0.2) is 0 Å². The standard InChI is InChI=1S/C13H21N3O/c1-10-7-14-5-4-13(10)16-9-12(17)6-11(16)8-15(2)3/h4-5,7,11-12,17H,6,8-9H2,1-3H3. The van der Waals surface area contributed by atoms with E-state index in [9.17, 15) is 5.11 Å². The molecule has 2 atom stereocenters. The Kier molecular flexibility index (Phi) is 3.64. The molecule has 0 saturated carbocycles. The van der Waals surface area contributed by atoms with Crippen LogP contribution >= 0.6 is 0 Å². The summed E-state index contributed by atoms with van der Waals surface area (Å²) in [5, 5.41) is 9.86. The number of β-amino-alcohol motifs (C(OH)–C–C–N with tert-alkyl or cyclic N) is 1. The lowest BCUT2D eigenvalue weighted by atomic mass is 10.1. The summed E-state index contributed by atoms with van der Waals surface area (Å²) in [7, 11) is 4.14. The first-order valence-corrected chi connectivity index (χ1v) is 6.08. The Balaban J connectivity index is 2.21. The van der Waals surface area contributed by atoms with Gasteiger partial charge in [0.25, 0.3) is 0 Å². The SMILES string of the molecule is Cc1cnccc1N1CC(O)CC1CN(C)C. The van der Waals surface area contributed by atoms with Crippen LogP contribution in [-0.4, -0.2) is 54.3 Å². The number of aromatic nitrogens is 1. The lowest BCUT2D eigenvalue weighted by molar-refractivity contribution is 0.191. The van der Waals surface area contributed by atoms with Crippen molar-refractivity contribution < 1.29 is 5.11 Å². The summed E-state index contributed by atoms with van der Waals surface area (Å²) in [5.74, 6) is 0. The van der Waals surface area contributed by atoms with Crippen molar-refractivity contribution in [1.82, 2.24) is 9.88 Å². The number of aliphatic hydroxyl groups excluding tert-OH is 1. The van der Waals surface area contributed by atoms with Crippen LogP contribution in [0.5, 0.6) is 0 Å². The fourth-order valence-corrected chi connectivity index (χ4v) is 2.57. The van der Waals surface area contributed by atoms with Crippen LogP contribution in [0.4, 0.5) is 5.69 Å². The maximum absolute atomic E-state index is 9.86. The lowest BCUT2D eigenvalue weighted by Gasteiger charge is -2.29. The van der Waals surface area contributed by atoms with Crippen molar-refractivity contribution in [2.45, 2.75) is 25.5 Å². The number of pyridine rings is 1. The molecule has 1 aromatic heterocycles. The van der Waals surface area contributed by atoms with Gasteiger partial charge in [0.1, 0.15) is 0 Å². The number of hydrogen-bond donors (Lipinski definition) is 1. The number of anilines is 1. The second-order valence-electron chi connectivity index (χ2n) is 5.12. The van der Waals surface area contributed by atoms with Crippen LogP contribution in [0.15, 0.2) is 18.5 Å². The molecule has 1 N–H and O–H groups in total. The molecule has 1 aromatic rings. The van der Waals surface area contributed by atoms with Gasteiger partial charge in [-0.3, -0.25) is 4.98 Å². The van der Waals surface area contributed by atoms with E-state index in [1.807, 2.05) is 18.5 Å². The molecule has 0 aliphatic carbocycles. The van der Waals surface area contributed by atoms with Gasteiger partial charge in [0.05, 0.1) is 6.10 Å². The Morgan fingerprint density at radius 1 is 1.53 bits per heavy atom. The minimum atomic E-state index is -0.215. The van der Waals surface area contributed by atoms with Gasteiger partial charge in [-0.15, -0.1) is 0 Å². The second kappa shape index (κ2) is 5.02. The monoisotopic (exact) mass is 235 g/mol. The molecule has 2 unspecified atom stereocenters. The van der Waals surface area contributed by atoms with Crippen LogP contribution < -0.4 is 4.90 Å². The minimum Gasteiger partial charge on any atom is -0.391 e. The third kappa shape index (κ3) is 2.76. The van der Waals surface area contributed by atoms with E-state index in [1.165, 1.54) is 11.3 Å². The number of hydrogen-bond acceptors (Lipinski definition) is 4.